The van der Waals surface area contributed by atoms with E-state index in [9.17, 15) is 4.79 Å². The molecular weight excluding hydrogens is 574 g/mol. The summed E-state index contributed by atoms with van der Waals surface area (Å²) in [6.45, 7) is 5.22. The Hall–Kier alpha value is -5.22. The molecule has 0 aliphatic heterocycles. The summed E-state index contributed by atoms with van der Waals surface area (Å²) in [7, 11) is 1.61. The smallest absolute Gasteiger partial charge is 0.291 e. The molecule has 222 valence electrons. The van der Waals surface area contributed by atoms with E-state index in [0.29, 0.717) is 40.0 Å². The summed E-state index contributed by atoms with van der Waals surface area (Å²) >= 11 is 1.29. The molecule has 0 fully saturated rings. The summed E-state index contributed by atoms with van der Waals surface area (Å²) < 4.78 is 20.5. The van der Waals surface area contributed by atoms with Gasteiger partial charge in [-0.3, -0.25) is 4.79 Å². The number of methoxy groups -OCH3 is 1. The van der Waals surface area contributed by atoms with Gasteiger partial charge >= 0.3 is 0 Å². The zero-order valence-electron chi connectivity index (χ0n) is 24.6. The minimum atomic E-state index is -0.235. The van der Waals surface area contributed by atoms with Gasteiger partial charge in [0, 0.05) is 17.3 Å². The van der Waals surface area contributed by atoms with Crippen LogP contribution in [-0.2, 0) is 0 Å². The molecule has 44 heavy (non-hydrogen) atoms. The van der Waals surface area contributed by atoms with Gasteiger partial charge < -0.3 is 14.2 Å². The lowest BCUT2D eigenvalue weighted by atomic mass is 10.1. The summed E-state index contributed by atoms with van der Waals surface area (Å²) in [5.41, 5.74) is 4.06. The second-order valence-electron chi connectivity index (χ2n) is 9.84. The lowest BCUT2D eigenvalue weighted by molar-refractivity contribution is 0.311. The molecule has 3 aromatic heterocycles. The van der Waals surface area contributed by atoms with Crippen LogP contribution in [0.15, 0.2) is 83.8 Å². The van der Waals surface area contributed by atoms with E-state index in [1.54, 1.807) is 13.2 Å². The van der Waals surface area contributed by atoms with Crippen LogP contribution in [0.3, 0.4) is 0 Å². The van der Waals surface area contributed by atoms with Crippen molar-refractivity contribution in [3.05, 3.63) is 111 Å². The van der Waals surface area contributed by atoms with Crippen LogP contribution in [0.25, 0.3) is 40.1 Å². The maximum Gasteiger partial charge on any atom is 0.291 e. The topological polar surface area (TPSA) is 92.8 Å². The SMILES string of the molecule is CCCOc1ccc(-c2nn(-c3ccccc3)cc2/C=c2\sc3nc(/C=C/c4ccc(OCC)c(OC)c4)nn3c2=O)cc1. The quantitative estimate of drug-likeness (QED) is 0.181. The van der Waals surface area contributed by atoms with E-state index in [4.69, 9.17) is 19.3 Å². The summed E-state index contributed by atoms with van der Waals surface area (Å²) in [5, 5.41) is 9.34. The van der Waals surface area contributed by atoms with E-state index >= 15 is 0 Å². The number of rotatable bonds is 11. The summed E-state index contributed by atoms with van der Waals surface area (Å²) in [4.78, 5) is 18.5. The van der Waals surface area contributed by atoms with Gasteiger partial charge in [0.2, 0.25) is 4.96 Å². The molecule has 0 amide bonds. The highest BCUT2D eigenvalue weighted by Crippen LogP contribution is 2.29. The van der Waals surface area contributed by atoms with Crippen LogP contribution in [0.2, 0.25) is 0 Å². The first kappa shape index (κ1) is 28.9. The van der Waals surface area contributed by atoms with Crippen LogP contribution in [-0.4, -0.2) is 44.7 Å². The Labute approximate surface area is 258 Å². The molecule has 0 saturated heterocycles. The summed E-state index contributed by atoms with van der Waals surface area (Å²) in [5.74, 6) is 2.58. The van der Waals surface area contributed by atoms with E-state index < -0.39 is 0 Å². The van der Waals surface area contributed by atoms with Gasteiger partial charge in [-0.15, -0.1) is 5.10 Å². The number of hydrogen-bond acceptors (Lipinski definition) is 8. The highest BCUT2D eigenvalue weighted by Gasteiger charge is 2.14. The van der Waals surface area contributed by atoms with Crippen LogP contribution in [0, 0.1) is 0 Å². The Morgan fingerprint density at radius 2 is 1.73 bits per heavy atom. The molecule has 10 heteroatoms. The van der Waals surface area contributed by atoms with Crippen molar-refractivity contribution in [1.29, 1.82) is 0 Å². The number of aromatic nitrogens is 5. The Balaban J connectivity index is 1.33. The number of fused-ring (bicyclic) bond motifs is 1. The third kappa shape index (κ3) is 6.11. The highest BCUT2D eigenvalue weighted by atomic mass is 32.1. The predicted molar refractivity (Wildman–Crippen MR) is 174 cm³/mol. The van der Waals surface area contributed by atoms with Crippen molar-refractivity contribution >= 4 is 34.5 Å². The second kappa shape index (κ2) is 13.0. The van der Waals surface area contributed by atoms with E-state index in [-0.39, 0.29) is 5.56 Å². The largest absolute Gasteiger partial charge is 0.494 e. The van der Waals surface area contributed by atoms with Gasteiger partial charge in [0.25, 0.3) is 5.56 Å². The molecule has 6 rings (SSSR count). The number of ether oxygens (including phenoxy) is 3. The Morgan fingerprint density at radius 3 is 2.45 bits per heavy atom. The average molecular weight is 606 g/mol. The number of para-hydroxylation sites is 1. The second-order valence-corrected chi connectivity index (χ2v) is 10.9. The molecule has 0 radical (unpaired) electrons. The third-order valence-electron chi connectivity index (χ3n) is 6.76. The van der Waals surface area contributed by atoms with Crippen LogP contribution in [0.1, 0.15) is 37.2 Å². The van der Waals surface area contributed by atoms with Crippen molar-refractivity contribution in [3.63, 3.8) is 0 Å². The Kier molecular flexibility index (Phi) is 8.51. The maximum absolute atomic E-state index is 13.4. The van der Waals surface area contributed by atoms with Crippen molar-refractivity contribution in [2.24, 2.45) is 0 Å². The lowest BCUT2D eigenvalue weighted by Crippen LogP contribution is -2.23. The van der Waals surface area contributed by atoms with E-state index in [0.717, 1.165) is 40.2 Å². The number of benzene rings is 3. The van der Waals surface area contributed by atoms with Crippen LogP contribution in [0.5, 0.6) is 17.2 Å². The molecule has 0 N–H and O–H groups in total. The van der Waals surface area contributed by atoms with E-state index in [1.165, 1.54) is 15.9 Å². The summed E-state index contributed by atoms with van der Waals surface area (Å²) in [6.07, 6.45) is 8.37. The zero-order chi connectivity index (χ0) is 30.5. The average Bonchev–Trinajstić information content (AvgIpc) is 3.74. The van der Waals surface area contributed by atoms with Crippen molar-refractivity contribution < 1.29 is 14.2 Å². The van der Waals surface area contributed by atoms with Crippen molar-refractivity contribution in [2.75, 3.05) is 20.3 Å². The highest BCUT2D eigenvalue weighted by molar-refractivity contribution is 7.15. The van der Waals surface area contributed by atoms with Gasteiger partial charge in [0.1, 0.15) is 11.4 Å². The van der Waals surface area contributed by atoms with Gasteiger partial charge in [0.15, 0.2) is 17.3 Å². The molecule has 9 nitrogen and oxygen atoms in total. The molecule has 0 unspecified atom stereocenters. The normalized spacial score (nSPS) is 11.9. The molecule has 0 aliphatic rings. The van der Waals surface area contributed by atoms with Crippen molar-refractivity contribution in [3.8, 4) is 34.2 Å². The maximum atomic E-state index is 13.4. The third-order valence-corrected chi connectivity index (χ3v) is 7.72. The molecule has 0 bridgehead atoms. The van der Waals surface area contributed by atoms with Gasteiger partial charge in [-0.1, -0.05) is 48.6 Å². The molecule has 3 heterocycles. The first-order chi connectivity index (χ1) is 21.6. The first-order valence-electron chi connectivity index (χ1n) is 14.3. The first-order valence-corrected chi connectivity index (χ1v) is 15.2. The van der Waals surface area contributed by atoms with Gasteiger partial charge in [-0.25, -0.2) is 4.68 Å². The fraction of sp³-hybridized carbons (Fsp3) is 0.176. The zero-order valence-corrected chi connectivity index (χ0v) is 25.5. The molecule has 6 aromatic rings. The fourth-order valence-corrected chi connectivity index (χ4v) is 5.56. The molecule has 0 saturated carbocycles. The molecule has 3 aromatic carbocycles. The predicted octanol–water partition coefficient (Wildman–Crippen LogP) is 5.92. The number of nitrogens with zero attached hydrogens (tertiary/aromatic N) is 5. The Morgan fingerprint density at radius 1 is 0.909 bits per heavy atom. The van der Waals surface area contributed by atoms with Gasteiger partial charge in [-0.05, 0) is 79.6 Å². The van der Waals surface area contributed by atoms with Crippen LogP contribution in [0.4, 0.5) is 0 Å². The minimum absolute atomic E-state index is 0.235. The fourth-order valence-electron chi connectivity index (χ4n) is 4.65. The number of thiazole rings is 1. The van der Waals surface area contributed by atoms with Crippen molar-refractivity contribution in [2.45, 2.75) is 20.3 Å². The van der Waals surface area contributed by atoms with E-state index in [2.05, 4.69) is 17.0 Å². The van der Waals surface area contributed by atoms with Crippen molar-refractivity contribution in [1.82, 2.24) is 24.4 Å². The van der Waals surface area contributed by atoms with Crippen LogP contribution < -0.4 is 24.3 Å². The lowest BCUT2D eigenvalue weighted by Gasteiger charge is -2.09. The molecule has 0 spiro atoms. The molecule has 0 atom stereocenters. The molecular formula is C34H31N5O4S. The van der Waals surface area contributed by atoms with E-state index in [1.807, 2.05) is 103 Å². The Bertz CT molecular complexity index is 2030. The molecule has 0 aliphatic carbocycles. The minimum Gasteiger partial charge on any atom is -0.494 e. The van der Waals surface area contributed by atoms with Gasteiger partial charge in [0.05, 0.1) is 30.5 Å². The van der Waals surface area contributed by atoms with Gasteiger partial charge in [-0.2, -0.15) is 14.6 Å². The number of hydrogen-bond donors (Lipinski definition) is 0. The monoisotopic (exact) mass is 605 g/mol. The standard InChI is InChI=1S/C34H31N5O4S/c1-4-19-43-27-15-13-24(14-16-27)32-25(22-38(37-32)26-9-7-6-8-10-26)21-30-33(40)39-34(44-30)35-31(36-39)18-12-23-11-17-28(42-5-2)29(20-23)41-3/h6-18,20-22H,4-5,19H2,1-3H3/b18-12+,30-21-. The van der Waals surface area contributed by atoms with Crippen LogP contribution >= 0.6 is 11.3 Å². The summed E-state index contributed by atoms with van der Waals surface area (Å²) in [6, 6.07) is 23.4.